The summed E-state index contributed by atoms with van der Waals surface area (Å²) in [6.07, 6.45) is 6.24. The van der Waals surface area contributed by atoms with Gasteiger partial charge in [0.15, 0.2) is 0 Å². The molecule has 0 radical (unpaired) electrons. The van der Waals surface area contributed by atoms with E-state index in [0.29, 0.717) is 6.10 Å². The van der Waals surface area contributed by atoms with Crippen LogP contribution in [0.25, 0.3) is 0 Å². The summed E-state index contributed by atoms with van der Waals surface area (Å²) in [5.41, 5.74) is 0. The molecule has 1 aliphatic heterocycles. The minimum absolute atomic E-state index is 0.273. The predicted octanol–water partition coefficient (Wildman–Crippen LogP) is 2.96. The Morgan fingerprint density at radius 2 is 2.36 bits per heavy atom. The van der Waals surface area contributed by atoms with Crippen LogP contribution < -0.4 is 0 Å². The zero-order valence-corrected chi connectivity index (χ0v) is 7.94. The molecule has 0 aromatic heterocycles. The summed E-state index contributed by atoms with van der Waals surface area (Å²) in [7, 11) is 0. The Morgan fingerprint density at radius 3 is 3.00 bits per heavy atom. The van der Waals surface area contributed by atoms with Gasteiger partial charge in [-0.25, -0.2) is 0 Å². The first-order valence-electron chi connectivity index (χ1n) is 4.60. The molecule has 0 N–H and O–H groups in total. The topological polar surface area (TPSA) is 9.23 Å². The maximum Gasteiger partial charge on any atom is 0.0738 e. The quantitative estimate of drug-likeness (QED) is 0.601. The Balaban J connectivity index is 2.18. The monoisotopic (exact) mass is 176 g/mol. The van der Waals surface area contributed by atoms with E-state index < -0.39 is 0 Å². The molecule has 0 aromatic rings. The van der Waals surface area contributed by atoms with Gasteiger partial charge in [0.2, 0.25) is 0 Å². The van der Waals surface area contributed by atoms with Crippen molar-refractivity contribution < 1.29 is 4.74 Å². The lowest BCUT2D eigenvalue weighted by Gasteiger charge is -2.27. The number of unbranched alkanes of at least 4 members (excludes halogenated alkanes) is 1. The highest BCUT2D eigenvalue weighted by molar-refractivity contribution is 6.21. The molecule has 1 fully saturated rings. The summed E-state index contributed by atoms with van der Waals surface area (Å²) in [5.74, 6) is 0. The van der Waals surface area contributed by atoms with Crippen LogP contribution >= 0.6 is 11.6 Å². The molecule has 1 rings (SSSR count). The molecule has 1 saturated heterocycles. The van der Waals surface area contributed by atoms with Crippen LogP contribution in [-0.2, 0) is 4.74 Å². The van der Waals surface area contributed by atoms with Crippen molar-refractivity contribution in [1.29, 1.82) is 0 Å². The molecule has 2 heteroatoms. The molecule has 0 amide bonds. The number of hydrogen-bond donors (Lipinski definition) is 0. The molecule has 0 aromatic carbocycles. The van der Waals surface area contributed by atoms with Gasteiger partial charge < -0.3 is 4.74 Å². The molecule has 2 atom stereocenters. The van der Waals surface area contributed by atoms with Gasteiger partial charge in [0.1, 0.15) is 0 Å². The van der Waals surface area contributed by atoms with Crippen LogP contribution in [0.2, 0.25) is 0 Å². The first-order valence-corrected chi connectivity index (χ1v) is 5.04. The molecule has 1 aliphatic rings. The lowest BCUT2D eigenvalue weighted by molar-refractivity contribution is 0.0134. The molecule has 1 heterocycles. The Hall–Kier alpha value is 0.250. The van der Waals surface area contributed by atoms with Crippen LogP contribution in [0.1, 0.15) is 39.0 Å². The number of alkyl halides is 1. The molecule has 0 spiro atoms. The summed E-state index contributed by atoms with van der Waals surface area (Å²) in [6, 6.07) is 0. The second kappa shape index (κ2) is 5.00. The first-order chi connectivity index (χ1) is 5.34. The summed E-state index contributed by atoms with van der Waals surface area (Å²) in [5, 5.41) is 0.273. The van der Waals surface area contributed by atoms with Crippen molar-refractivity contribution in [2.24, 2.45) is 0 Å². The maximum atomic E-state index is 6.09. The Labute approximate surface area is 74.1 Å². The van der Waals surface area contributed by atoms with Gasteiger partial charge in [-0.2, -0.15) is 0 Å². The van der Waals surface area contributed by atoms with Gasteiger partial charge in [-0.15, -0.1) is 11.6 Å². The molecule has 0 unspecified atom stereocenters. The summed E-state index contributed by atoms with van der Waals surface area (Å²) in [4.78, 5) is 0. The fraction of sp³-hybridized carbons (Fsp3) is 1.00. The van der Waals surface area contributed by atoms with E-state index in [9.17, 15) is 0 Å². The van der Waals surface area contributed by atoms with Gasteiger partial charge in [0.25, 0.3) is 0 Å². The summed E-state index contributed by atoms with van der Waals surface area (Å²) < 4.78 is 5.56. The predicted molar refractivity (Wildman–Crippen MR) is 48.1 cm³/mol. The molecule has 0 saturated carbocycles. The standard InChI is InChI=1S/C9H17ClO/c1-2-3-6-9-8(10)5-4-7-11-9/h8-9H,2-7H2,1H3/t8-,9+/m1/s1. The van der Waals surface area contributed by atoms with E-state index in [2.05, 4.69) is 6.92 Å². The lowest BCUT2D eigenvalue weighted by Crippen LogP contribution is -2.29. The number of hydrogen-bond acceptors (Lipinski definition) is 1. The number of ether oxygens (including phenoxy) is 1. The van der Waals surface area contributed by atoms with Gasteiger partial charge in [-0.3, -0.25) is 0 Å². The van der Waals surface area contributed by atoms with Crippen LogP contribution in [0.15, 0.2) is 0 Å². The third kappa shape index (κ3) is 3.00. The molecule has 0 aliphatic carbocycles. The van der Waals surface area contributed by atoms with Crippen LogP contribution in [0.3, 0.4) is 0 Å². The van der Waals surface area contributed by atoms with Gasteiger partial charge in [-0.1, -0.05) is 19.8 Å². The van der Waals surface area contributed by atoms with Gasteiger partial charge in [-0.05, 0) is 19.3 Å². The van der Waals surface area contributed by atoms with Crippen molar-refractivity contribution in [3.63, 3.8) is 0 Å². The highest BCUT2D eigenvalue weighted by Crippen LogP contribution is 2.22. The largest absolute Gasteiger partial charge is 0.377 e. The van der Waals surface area contributed by atoms with E-state index in [1.165, 1.54) is 12.8 Å². The van der Waals surface area contributed by atoms with E-state index >= 15 is 0 Å². The van der Waals surface area contributed by atoms with E-state index in [4.69, 9.17) is 16.3 Å². The zero-order chi connectivity index (χ0) is 8.10. The van der Waals surface area contributed by atoms with Crippen molar-refractivity contribution in [2.75, 3.05) is 6.61 Å². The minimum Gasteiger partial charge on any atom is -0.377 e. The van der Waals surface area contributed by atoms with E-state index in [-0.39, 0.29) is 5.38 Å². The number of rotatable bonds is 3. The summed E-state index contributed by atoms with van der Waals surface area (Å²) in [6.45, 7) is 3.11. The van der Waals surface area contributed by atoms with E-state index in [1.807, 2.05) is 0 Å². The highest BCUT2D eigenvalue weighted by Gasteiger charge is 2.22. The molecule has 66 valence electrons. The highest BCUT2D eigenvalue weighted by atomic mass is 35.5. The average Bonchev–Trinajstić information content (AvgIpc) is 2.03. The van der Waals surface area contributed by atoms with Crippen molar-refractivity contribution in [1.82, 2.24) is 0 Å². The molecular formula is C9H17ClO. The second-order valence-corrected chi connectivity index (χ2v) is 3.77. The van der Waals surface area contributed by atoms with Gasteiger partial charge >= 0.3 is 0 Å². The molecule has 0 bridgehead atoms. The van der Waals surface area contributed by atoms with Crippen molar-refractivity contribution >= 4 is 11.6 Å². The molecule has 11 heavy (non-hydrogen) atoms. The van der Waals surface area contributed by atoms with Crippen molar-refractivity contribution in [3.8, 4) is 0 Å². The number of halogens is 1. The fourth-order valence-electron chi connectivity index (χ4n) is 1.47. The summed E-state index contributed by atoms with van der Waals surface area (Å²) >= 11 is 6.09. The molecule has 1 nitrogen and oxygen atoms in total. The Kier molecular flexibility index (Phi) is 4.24. The third-order valence-electron chi connectivity index (χ3n) is 2.20. The molecular weight excluding hydrogens is 160 g/mol. The average molecular weight is 177 g/mol. The lowest BCUT2D eigenvalue weighted by atomic mass is 10.0. The second-order valence-electron chi connectivity index (χ2n) is 3.21. The van der Waals surface area contributed by atoms with E-state index in [0.717, 1.165) is 25.9 Å². The van der Waals surface area contributed by atoms with Crippen LogP contribution in [0.5, 0.6) is 0 Å². The van der Waals surface area contributed by atoms with Crippen molar-refractivity contribution in [2.45, 2.75) is 50.5 Å². The smallest absolute Gasteiger partial charge is 0.0738 e. The SMILES string of the molecule is CCCC[C@@H]1OCCC[C@H]1Cl. The zero-order valence-electron chi connectivity index (χ0n) is 7.18. The maximum absolute atomic E-state index is 6.09. The van der Waals surface area contributed by atoms with Crippen molar-refractivity contribution in [3.05, 3.63) is 0 Å². The van der Waals surface area contributed by atoms with Crippen LogP contribution in [0.4, 0.5) is 0 Å². The minimum atomic E-state index is 0.273. The Morgan fingerprint density at radius 1 is 1.55 bits per heavy atom. The van der Waals surface area contributed by atoms with E-state index in [1.54, 1.807) is 0 Å². The first kappa shape index (κ1) is 9.34. The van der Waals surface area contributed by atoms with Gasteiger partial charge in [0, 0.05) is 6.61 Å². The Bertz CT molecular complexity index is 106. The third-order valence-corrected chi connectivity index (χ3v) is 2.70. The normalized spacial score (nSPS) is 32.2. The van der Waals surface area contributed by atoms with Crippen LogP contribution in [-0.4, -0.2) is 18.1 Å². The van der Waals surface area contributed by atoms with Gasteiger partial charge in [0.05, 0.1) is 11.5 Å². The van der Waals surface area contributed by atoms with Crippen LogP contribution in [0, 0.1) is 0 Å². The fourth-order valence-corrected chi connectivity index (χ4v) is 1.83.